The van der Waals surface area contributed by atoms with Gasteiger partial charge >= 0.3 is 5.75 Å². The van der Waals surface area contributed by atoms with E-state index in [4.69, 9.17) is 4.42 Å². The highest BCUT2D eigenvalue weighted by Gasteiger charge is 2.19. The Balaban J connectivity index is 2.42. The molecule has 1 aromatic rings. The molecule has 0 unspecified atom stereocenters. The molecule has 1 aliphatic heterocycles. The fraction of sp³-hybridized carbons (Fsp3) is 0.364. The SMILES string of the molecule is C=[O+]c1ccc2c(c1)N(CC)CC2. The second kappa shape index (κ2) is 3.21. The molecule has 0 aliphatic carbocycles. The lowest BCUT2D eigenvalue weighted by Crippen LogP contribution is -2.18. The van der Waals surface area contributed by atoms with E-state index in [2.05, 4.69) is 30.7 Å². The van der Waals surface area contributed by atoms with E-state index in [9.17, 15) is 0 Å². The summed E-state index contributed by atoms with van der Waals surface area (Å²) >= 11 is 0. The first-order valence-corrected chi connectivity index (χ1v) is 4.65. The molecule has 0 atom stereocenters. The summed E-state index contributed by atoms with van der Waals surface area (Å²) < 4.78 is 4.96. The molecule has 1 aliphatic rings. The molecule has 2 rings (SSSR count). The average molecular weight is 176 g/mol. The number of fused-ring (bicyclic) bond motifs is 1. The van der Waals surface area contributed by atoms with Gasteiger partial charge in [-0.3, -0.25) is 0 Å². The Morgan fingerprint density at radius 1 is 1.54 bits per heavy atom. The Morgan fingerprint density at radius 3 is 3.08 bits per heavy atom. The summed E-state index contributed by atoms with van der Waals surface area (Å²) in [4.78, 5) is 2.36. The van der Waals surface area contributed by atoms with Crippen molar-refractivity contribution in [2.45, 2.75) is 13.3 Å². The Morgan fingerprint density at radius 2 is 2.38 bits per heavy atom. The third-order valence-electron chi connectivity index (χ3n) is 2.60. The lowest BCUT2D eigenvalue weighted by molar-refractivity contribution is -0.354. The van der Waals surface area contributed by atoms with Crippen molar-refractivity contribution < 1.29 is 4.42 Å². The van der Waals surface area contributed by atoms with E-state index in [1.165, 1.54) is 11.3 Å². The normalized spacial score (nSPS) is 14.4. The van der Waals surface area contributed by atoms with Crippen molar-refractivity contribution in [2.24, 2.45) is 0 Å². The molecule has 0 bridgehead atoms. The largest absolute Gasteiger partial charge is 0.371 e. The minimum absolute atomic E-state index is 0.846. The number of rotatable bonds is 2. The van der Waals surface area contributed by atoms with Crippen LogP contribution in [-0.4, -0.2) is 19.9 Å². The molecule has 0 radical (unpaired) electrons. The van der Waals surface area contributed by atoms with E-state index in [1.54, 1.807) is 0 Å². The number of hydrogen-bond acceptors (Lipinski definition) is 1. The molecule has 0 amide bonds. The van der Waals surface area contributed by atoms with Crippen molar-refractivity contribution in [1.29, 1.82) is 0 Å². The van der Waals surface area contributed by atoms with E-state index in [0.29, 0.717) is 0 Å². The number of nitrogens with zero attached hydrogens (tertiary/aromatic N) is 1. The molecule has 1 heterocycles. The average Bonchev–Trinajstić information content (AvgIpc) is 2.59. The molecule has 1 aromatic carbocycles. The van der Waals surface area contributed by atoms with Crippen molar-refractivity contribution in [3.63, 3.8) is 0 Å². The molecule has 0 fully saturated rings. The maximum atomic E-state index is 4.96. The van der Waals surface area contributed by atoms with Gasteiger partial charge in [0.25, 0.3) is 6.79 Å². The van der Waals surface area contributed by atoms with Gasteiger partial charge in [0.15, 0.2) is 0 Å². The number of hydrogen-bond donors (Lipinski definition) is 0. The van der Waals surface area contributed by atoms with Crippen LogP contribution in [0.15, 0.2) is 18.2 Å². The molecule has 0 N–H and O–H groups in total. The maximum Gasteiger partial charge on any atom is 0.353 e. The van der Waals surface area contributed by atoms with Gasteiger partial charge < -0.3 is 4.90 Å². The zero-order valence-electron chi connectivity index (χ0n) is 7.92. The van der Waals surface area contributed by atoms with Gasteiger partial charge in [-0.25, -0.2) is 4.42 Å². The minimum atomic E-state index is 0.846. The van der Waals surface area contributed by atoms with E-state index in [-0.39, 0.29) is 0 Å². The second-order valence-electron chi connectivity index (χ2n) is 3.26. The summed E-state index contributed by atoms with van der Waals surface area (Å²) in [6.07, 6.45) is 1.15. The smallest absolute Gasteiger partial charge is 0.353 e. The Hall–Kier alpha value is -1.31. The zero-order valence-corrected chi connectivity index (χ0v) is 7.92. The Bertz CT molecular complexity index is 333. The van der Waals surface area contributed by atoms with Gasteiger partial charge in [-0.05, 0) is 25.0 Å². The molecule has 68 valence electrons. The van der Waals surface area contributed by atoms with Crippen molar-refractivity contribution >= 4 is 12.5 Å². The molecule has 2 nitrogen and oxygen atoms in total. The summed E-state index contributed by atoms with van der Waals surface area (Å²) in [6, 6.07) is 6.18. The Kier molecular flexibility index (Phi) is 2.05. The van der Waals surface area contributed by atoms with Gasteiger partial charge in [-0.15, -0.1) is 0 Å². The van der Waals surface area contributed by atoms with E-state index < -0.39 is 0 Å². The molecule has 0 spiro atoms. The van der Waals surface area contributed by atoms with Gasteiger partial charge in [-0.2, -0.15) is 0 Å². The van der Waals surface area contributed by atoms with E-state index in [0.717, 1.165) is 25.3 Å². The standard InChI is InChI=1S/C11H14NO/c1-3-12-7-6-9-4-5-10(13-2)8-11(9)12/h4-5,8H,2-3,6-7H2,1H3/q+1. The third kappa shape index (κ3) is 1.32. The van der Waals surface area contributed by atoms with Gasteiger partial charge in [0.05, 0.1) is 6.07 Å². The molecule has 0 saturated carbocycles. The first-order chi connectivity index (χ1) is 6.35. The molecule has 13 heavy (non-hydrogen) atoms. The number of anilines is 1. The molecular weight excluding hydrogens is 162 g/mol. The highest BCUT2D eigenvalue weighted by Crippen LogP contribution is 2.31. The highest BCUT2D eigenvalue weighted by molar-refractivity contribution is 5.60. The van der Waals surface area contributed by atoms with Crippen molar-refractivity contribution in [3.05, 3.63) is 23.8 Å². The van der Waals surface area contributed by atoms with Crippen LogP contribution in [0.1, 0.15) is 12.5 Å². The molecule has 0 aromatic heterocycles. The van der Waals surface area contributed by atoms with E-state index >= 15 is 0 Å². The topological polar surface area (TPSA) is 14.5 Å². The summed E-state index contributed by atoms with van der Waals surface area (Å²) in [5, 5.41) is 0. The van der Waals surface area contributed by atoms with Crippen LogP contribution in [0.5, 0.6) is 5.75 Å². The van der Waals surface area contributed by atoms with Gasteiger partial charge in [0.1, 0.15) is 0 Å². The first kappa shape index (κ1) is 8.30. The highest BCUT2D eigenvalue weighted by atomic mass is 16.4. The summed E-state index contributed by atoms with van der Waals surface area (Å²) in [5.41, 5.74) is 2.73. The summed E-state index contributed by atoms with van der Waals surface area (Å²) in [7, 11) is 0. The van der Waals surface area contributed by atoms with Crippen LogP contribution in [0.25, 0.3) is 0 Å². The lowest BCUT2D eigenvalue weighted by atomic mass is 10.1. The Labute approximate surface area is 78.5 Å². The lowest BCUT2D eigenvalue weighted by Gasteiger charge is -2.15. The van der Waals surface area contributed by atoms with Crippen LogP contribution in [0.3, 0.4) is 0 Å². The fourth-order valence-electron chi connectivity index (χ4n) is 1.84. The van der Waals surface area contributed by atoms with Crippen LogP contribution in [-0.2, 0) is 10.8 Å². The predicted octanol–water partition coefficient (Wildman–Crippen LogP) is 2.15. The van der Waals surface area contributed by atoms with Crippen molar-refractivity contribution in [1.82, 2.24) is 0 Å². The van der Waals surface area contributed by atoms with Crippen LogP contribution in [0.4, 0.5) is 5.69 Å². The summed E-state index contributed by atoms with van der Waals surface area (Å²) in [6.45, 7) is 7.78. The van der Waals surface area contributed by atoms with E-state index in [1.807, 2.05) is 6.07 Å². The fourth-order valence-corrected chi connectivity index (χ4v) is 1.84. The van der Waals surface area contributed by atoms with Crippen molar-refractivity contribution in [3.8, 4) is 5.75 Å². The van der Waals surface area contributed by atoms with Gasteiger partial charge in [0, 0.05) is 24.8 Å². The van der Waals surface area contributed by atoms with Gasteiger partial charge in [-0.1, -0.05) is 0 Å². The number of carbonyl (C=O) groups excluding carboxylic acids is 1. The van der Waals surface area contributed by atoms with Crippen LogP contribution in [0.2, 0.25) is 0 Å². The van der Waals surface area contributed by atoms with Crippen LogP contribution < -0.4 is 4.90 Å². The minimum Gasteiger partial charge on any atom is -0.371 e. The predicted molar refractivity (Wildman–Crippen MR) is 54.6 cm³/mol. The molecule has 0 saturated heterocycles. The second-order valence-corrected chi connectivity index (χ2v) is 3.26. The molecule has 2 heteroatoms. The summed E-state index contributed by atoms with van der Waals surface area (Å²) in [5.74, 6) is 0.846. The molecular formula is C11H14NO+. The first-order valence-electron chi connectivity index (χ1n) is 4.65. The monoisotopic (exact) mass is 176 g/mol. The van der Waals surface area contributed by atoms with Gasteiger partial charge in [0.2, 0.25) is 0 Å². The van der Waals surface area contributed by atoms with Crippen LogP contribution in [0, 0.1) is 0 Å². The quantitative estimate of drug-likeness (QED) is 0.630. The van der Waals surface area contributed by atoms with Crippen LogP contribution >= 0.6 is 0 Å². The number of benzene rings is 1. The van der Waals surface area contributed by atoms with Crippen molar-refractivity contribution in [2.75, 3.05) is 18.0 Å². The third-order valence-corrected chi connectivity index (χ3v) is 2.60. The zero-order chi connectivity index (χ0) is 9.26. The maximum absolute atomic E-state index is 4.96. The number of likely N-dealkylation sites (N-methyl/N-ethyl adjacent to an activating group) is 1.